The number of Topliss-reactive ketones (excluding diaryl/α,β-unsaturated/α-hetero) is 1. The van der Waals surface area contributed by atoms with Gasteiger partial charge in [-0.25, -0.2) is 0 Å². The summed E-state index contributed by atoms with van der Waals surface area (Å²) in [5, 5.41) is 32.2. The van der Waals surface area contributed by atoms with Gasteiger partial charge in [0.15, 0.2) is 0 Å². The average molecular weight is 449 g/mol. The highest BCUT2D eigenvalue weighted by atomic mass is 16.3. The van der Waals surface area contributed by atoms with Crippen LogP contribution in [0.3, 0.4) is 0 Å². The number of carbonyl (C=O) groups excluding carboxylic acids is 1. The van der Waals surface area contributed by atoms with Crippen LogP contribution in [0.15, 0.2) is 0 Å². The lowest BCUT2D eigenvalue weighted by Crippen LogP contribution is -2.57. The quantitative estimate of drug-likeness (QED) is 0.563. The van der Waals surface area contributed by atoms with E-state index in [0.717, 1.165) is 38.5 Å². The fourth-order valence-corrected chi connectivity index (χ4v) is 9.18. The standard InChI is InChI=1S/C28H48O4/c1-15(2)16(3)25(31)26(32)17(4)20-7-8-21-19-14-24(30)23-13-18(29)9-11-28(23,6)22(19)10-12-27(20,21)5/h15-23,25-26,29,31-32H,7-14H2,1-6H3/t16-,17-,18?,19-,20+,21-,22-,23+,25+,26+,27+,28+/m0/s1. The fourth-order valence-electron chi connectivity index (χ4n) is 9.18. The number of ketones is 1. The van der Waals surface area contributed by atoms with Gasteiger partial charge >= 0.3 is 0 Å². The molecule has 4 nitrogen and oxygen atoms in total. The van der Waals surface area contributed by atoms with Crippen molar-refractivity contribution in [1.82, 2.24) is 0 Å². The highest BCUT2D eigenvalue weighted by molar-refractivity contribution is 5.83. The Kier molecular flexibility index (Phi) is 6.66. The van der Waals surface area contributed by atoms with Crippen molar-refractivity contribution in [3.8, 4) is 0 Å². The second kappa shape index (κ2) is 8.64. The normalized spacial score (nSPS) is 47.9. The topological polar surface area (TPSA) is 77.8 Å². The van der Waals surface area contributed by atoms with Crippen LogP contribution in [0.4, 0.5) is 0 Å². The molecule has 1 unspecified atom stereocenters. The van der Waals surface area contributed by atoms with Gasteiger partial charge in [-0.05, 0) is 97.2 Å². The lowest BCUT2D eigenvalue weighted by Gasteiger charge is -2.60. The number of rotatable bonds is 5. The number of hydrogen-bond acceptors (Lipinski definition) is 4. The van der Waals surface area contributed by atoms with Crippen molar-refractivity contribution < 1.29 is 20.1 Å². The predicted octanol–water partition coefficient (Wildman–Crippen LogP) is 4.84. The second-order valence-corrected chi connectivity index (χ2v) is 13.2. The van der Waals surface area contributed by atoms with E-state index >= 15 is 0 Å². The first-order valence-electron chi connectivity index (χ1n) is 13.5. The molecule has 4 fully saturated rings. The summed E-state index contributed by atoms with van der Waals surface area (Å²) in [7, 11) is 0. The van der Waals surface area contributed by atoms with E-state index in [4.69, 9.17) is 0 Å². The lowest BCUT2D eigenvalue weighted by molar-refractivity contribution is -0.161. The van der Waals surface area contributed by atoms with Gasteiger partial charge in [0.1, 0.15) is 5.78 Å². The number of aliphatic hydroxyl groups excluding tert-OH is 3. The van der Waals surface area contributed by atoms with Crippen LogP contribution in [0.5, 0.6) is 0 Å². The minimum Gasteiger partial charge on any atom is -0.393 e. The van der Waals surface area contributed by atoms with Gasteiger partial charge in [-0.2, -0.15) is 0 Å². The summed E-state index contributed by atoms with van der Waals surface area (Å²) < 4.78 is 0. The van der Waals surface area contributed by atoms with Crippen LogP contribution in [-0.4, -0.2) is 39.4 Å². The van der Waals surface area contributed by atoms with Gasteiger partial charge in [0.25, 0.3) is 0 Å². The SMILES string of the molecule is CC(C)[C@H](C)[C@@H](O)[C@H](O)[C@@H](C)[C@H]1CC[C@H]2[C@@H]3CC(=O)[C@H]4CC(O)CC[C@]4(C)[C@H]3CC[C@]12C. The summed E-state index contributed by atoms with van der Waals surface area (Å²) in [5.74, 6) is 2.88. The highest BCUT2D eigenvalue weighted by Gasteiger charge is 2.63. The van der Waals surface area contributed by atoms with Crippen molar-refractivity contribution in [1.29, 1.82) is 0 Å². The maximum Gasteiger partial charge on any atom is 0.136 e. The monoisotopic (exact) mass is 448 g/mol. The Morgan fingerprint density at radius 2 is 1.50 bits per heavy atom. The van der Waals surface area contributed by atoms with Crippen LogP contribution in [0.1, 0.15) is 92.9 Å². The third-order valence-corrected chi connectivity index (χ3v) is 11.6. The van der Waals surface area contributed by atoms with E-state index in [1.807, 2.05) is 6.92 Å². The van der Waals surface area contributed by atoms with Crippen LogP contribution in [0, 0.1) is 58.2 Å². The molecule has 4 aliphatic carbocycles. The van der Waals surface area contributed by atoms with Crippen LogP contribution >= 0.6 is 0 Å². The molecule has 0 aromatic heterocycles. The first kappa shape index (κ1) is 24.7. The van der Waals surface area contributed by atoms with Crippen molar-refractivity contribution in [2.75, 3.05) is 0 Å². The van der Waals surface area contributed by atoms with Crippen molar-refractivity contribution >= 4 is 5.78 Å². The number of hydrogen-bond donors (Lipinski definition) is 3. The molecule has 4 rings (SSSR count). The van der Waals surface area contributed by atoms with E-state index in [1.54, 1.807) is 0 Å². The molecule has 4 aliphatic rings. The Bertz CT molecular complexity index is 706. The number of fused-ring (bicyclic) bond motifs is 5. The summed E-state index contributed by atoms with van der Waals surface area (Å²) in [5.41, 5.74) is 0.187. The molecule has 0 saturated heterocycles. The maximum atomic E-state index is 13.3. The molecule has 0 spiro atoms. The van der Waals surface area contributed by atoms with E-state index in [0.29, 0.717) is 48.2 Å². The van der Waals surface area contributed by atoms with Crippen molar-refractivity contribution in [2.45, 2.75) is 111 Å². The van der Waals surface area contributed by atoms with E-state index in [9.17, 15) is 20.1 Å². The molecule has 32 heavy (non-hydrogen) atoms. The smallest absolute Gasteiger partial charge is 0.136 e. The van der Waals surface area contributed by atoms with Crippen molar-refractivity contribution in [2.24, 2.45) is 58.2 Å². The predicted molar refractivity (Wildman–Crippen MR) is 127 cm³/mol. The molecule has 3 N–H and O–H groups in total. The first-order valence-corrected chi connectivity index (χ1v) is 13.5. The van der Waals surface area contributed by atoms with Gasteiger partial charge < -0.3 is 15.3 Å². The molecule has 0 amide bonds. The first-order chi connectivity index (χ1) is 14.9. The molecule has 0 heterocycles. The van der Waals surface area contributed by atoms with Crippen molar-refractivity contribution in [3.05, 3.63) is 0 Å². The summed E-state index contributed by atoms with van der Waals surface area (Å²) >= 11 is 0. The van der Waals surface area contributed by atoms with Crippen LogP contribution < -0.4 is 0 Å². The fraction of sp³-hybridized carbons (Fsp3) is 0.964. The van der Waals surface area contributed by atoms with Gasteiger partial charge in [-0.1, -0.05) is 41.5 Å². The van der Waals surface area contributed by atoms with Crippen LogP contribution in [-0.2, 0) is 4.79 Å². The summed E-state index contributed by atoms with van der Waals surface area (Å²) in [4.78, 5) is 13.3. The van der Waals surface area contributed by atoms with Gasteiger partial charge in [-0.3, -0.25) is 4.79 Å². The van der Waals surface area contributed by atoms with Crippen LogP contribution in [0.2, 0.25) is 0 Å². The molecule has 0 radical (unpaired) electrons. The zero-order valence-electron chi connectivity index (χ0n) is 21.3. The molecule has 0 aromatic rings. The highest BCUT2D eigenvalue weighted by Crippen LogP contribution is 2.67. The minimum atomic E-state index is -0.694. The second-order valence-electron chi connectivity index (χ2n) is 13.2. The Morgan fingerprint density at radius 3 is 2.16 bits per heavy atom. The lowest BCUT2D eigenvalue weighted by atomic mass is 9.44. The number of aliphatic hydroxyl groups is 3. The van der Waals surface area contributed by atoms with E-state index in [-0.39, 0.29) is 34.7 Å². The Balaban J connectivity index is 1.54. The molecule has 184 valence electrons. The molecule has 0 aromatic carbocycles. The zero-order valence-corrected chi connectivity index (χ0v) is 21.3. The average Bonchev–Trinajstić information content (AvgIpc) is 3.10. The molecular formula is C28H48O4. The summed E-state index contributed by atoms with van der Waals surface area (Å²) in [6, 6.07) is 0. The Hall–Kier alpha value is -0.450. The summed E-state index contributed by atoms with van der Waals surface area (Å²) in [6.45, 7) is 13.2. The van der Waals surface area contributed by atoms with E-state index in [2.05, 4.69) is 34.6 Å². The van der Waals surface area contributed by atoms with Crippen LogP contribution in [0.25, 0.3) is 0 Å². The molecule has 4 heteroatoms. The number of carbonyl (C=O) groups is 1. The molecule has 0 bridgehead atoms. The molecule has 12 atom stereocenters. The Labute approximate surface area is 195 Å². The zero-order chi connectivity index (χ0) is 23.6. The van der Waals surface area contributed by atoms with Gasteiger partial charge in [0, 0.05) is 12.3 Å². The van der Waals surface area contributed by atoms with E-state index in [1.165, 1.54) is 0 Å². The maximum absolute atomic E-state index is 13.3. The van der Waals surface area contributed by atoms with Crippen molar-refractivity contribution in [3.63, 3.8) is 0 Å². The Morgan fingerprint density at radius 1 is 0.875 bits per heavy atom. The molecular weight excluding hydrogens is 400 g/mol. The minimum absolute atomic E-state index is 0.0440. The van der Waals surface area contributed by atoms with E-state index < -0.39 is 12.2 Å². The third kappa shape index (κ3) is 3.71. The third-order valence-electron chi connectivity index (χ3n) is 11.6. The molecule has 0 aliphatic heterocycles. The van der Waals surface area contributed by atoms with Gasteiger partial charge in [0.2, 0.25) is 0 Å². The largest absolute Gasteiger partial charge is 0.393 e. The summed E-state index contributed by atoms with van der Waals surface area (Å²) in [6.07, 6.45) is 6.05. The van der Waals surface area contributed by atoms with Gasteiger partial charge in [-0.15, -0.1) is 0 Å². The molecule has 4 saturated carbocycles. The van der Waals surface area contributed by atoms with Gasteiger partial charge in [0.05, 0.1) is 18.3 Å².